The minimum atomic E-state index is -0.250. The molecule has 0 spiro atoms. The van der Waals surface area contributed by atoms with Crippen LogP contribution in [0.15, 0.2) is 35.7 Å². The molecule has 0 unspecified atom stereocenters. The van der Waals surface area contributed by atoms with Crippen LogP contribution < -0.4 is 11.1 Å². The van der Waals surface area contributed by atoms with Gasteiger partial charge in [-0.1, -0.05) is 41.4 Å². The summed E-state index contributed by atoms with van der Waals surface area (Å²) in [6.45, 7) is 0.504. The van der Waals surface area contributed by atoms with E-state index < -0.39 is 0 Å². The number of halogens is 2. The Hall–Kier alpha value is -1.64. The number of allylic oxidation sites excluding steroid dienone is 1. The molecule has 3 aromatic heterocycles. The molecule has 1 aliphatic rings. The van der Waals surface area contributed by atoms with Crippen molar-refractivity contribution in [3.8, 4) is 0 Å². The van der Waals surface area contributed by atoms with Gasteiger partial charge in [-0.05, 0) is 24.3 Å². The Morgan fingerprint density at radius 1 is 1.36 bits per heavy atom. The third kappa shape index (κ3) is 4.67. The molecule has 0 saturated carbocycles. The van der Waals surface area contributed by atoms with E-state index in [0.717, 1.165) is 40.2 Å². The van der Waals surface area contributed by atoms with E-state index in [4.69, 9.17) is 38.8 Å². The lowest BCUT2D eigenvalue weighted by Gasteiger charge is -2.24. The van der Waals surface area contributed by atoms with E-state index in [9.17, 15) is 0 Å². The van der Waals surface area contributed by atoms with Gasteiger partial charge in [0.2, 0.25) is 0 Å². The van der Waals surface area contributed by atoms with Crippen LogP contribution in [-0.2, 0) is 11.3 Å². The van der Waals surface area contributed by atoms with Crippen molar-refractivity contribution in [2.45, 2.75) is 31.3 Å². The summed E-state index contributed by atoms with van der Waals surface area (Å²) >= 11 is 16.3. The first kappa shape index (κ1) is 21.1. The number of anilines is 1. The van der Waals surface area contributed by atoms with E-state index in [1.54, 1.807) is 22.7 Å². The second-order valence-corrected chi connectivity index (χ2v) is 9.05. The van der Waals surface area contributed by atoms with Crippen LogP contribution in [0.25, 0.3) is 10.2 Å². The van der Waals surface area contributed by atoms with Crippen LogP contribution in [0.1, 0.15) is 28.5 Å². The highest BCUT2D eigenvalue weighted by molar-refractivity contribution is 7.20. The van der Waals surface area contributed by atoms with Gasteiger partial charge in [0.1, 0.15) is 10.7 Å². The summed E-state index contributed by atoms with van der Waals surface area (Å²) in [5.74, 6) is 0.237. The van der Waals surface area contributed by atoms with Gasteiger partial charge in [0.25, 0.3) is 6.47 Å². The zero-order valence-electron chi connectivity index (χ0n) is 14.8. The average molecular weight is 456 g/mol. The lowest BCUT2D eigenvalue weighted by Crippen LogP contribution is -2.29. The van der Waals surface area contributed by atoms with Crippen LogP contribution in [-0.4, -0.2) is 22.6 Å². The van der Waals surface area contributed by atoms with E-state index in [1.807, 2.05) is 6.07 Å². The maximum absolute atomic E-state index is 8.36. The third-order valence-corrected chi connectivity index (χ3v) is 7.34. The Labute approximate surface area is 180 Å². The SMILES string of the molecule is N[C@@H]1CC=CC[C@H]1c1sc2c(NCc3cccs3)cc(Cl)nc2c1Cl.O=CO. The van der Waals surface area contributed by atoms with Crippen molar-refractivity contribution < 1.29 is 9.90 Å². The molecule has 1 aliphatic carbocycles. The summed E-state index contributed by atoms with van der Waals surface area (Å²) in [7, 11) is 0. The highest BCUT2D eigenvalue weighted by Gasteiger charge is 2.27. The van der Waals surface area contributed by atoms with Gasteiger partial charge in [-0.15, -0.1) is 22.7 Å². The molecule has 3 aromatic rings. The van der Waals surface area contributed by atoms with E-state index in [1.165, 1.54) is 4.88 Å². The Morgan fingerprint density at radius 2 is 2.11 bits per heavy atom. The topological polar surface area (TPSA) is 88.2 Å². The van der Waals surface area contributed by atoms with Crippen LogP contribution in [0.2, 0.25) is 10.2 Å². The zero-order valence-corrected chi connectivity index (χ0v) is 17.9. The van der Waals surface area contributed by atoms with Gasteiger partial charge in [0.15, 0.2) is 0 Å². The molecule has 0 fully saturated rings. The van der Waals surface area contributed by atoms with E-state index >= 15 is 0 Å². The molecule has 28 heavy (non-hydrogen) atoms. The third-order valence-electron chi connectivity index (χ3n) is 4.43. The summed E-state index contributed by atoms with van der Waals surface area (Å²) in [4.78, 5) is 15.2. The lowest BCUT2D eigenvalue weighted by atomic mass is 9.88. The number of nitrogens with zero attached hydrogens (tertiary/aromatic N) is 1. The van der Waals surface area contributed by atoms with Gasteiger partial charge in [-0.2, -0.15) is 0 Å². The normalized spacial score (nSPS) is 18.5. The second-order valence-electron chi connectivity index (χ2n) is 6.20. The minimum absolute atomic E-state index is 0.0913. The zero-order chi connectivity index (χ0) is 20.1. The number of pyridine rings is 1. The number of carbonyl (C=O) groups is 1. The molecule has 3 heterocycles. The van der Waals surface area contributed by atoms with Crippen LogP contribution in [0.4, 0.5) is 5.69 Å². The maximum atomic E-state index is 8.36. The second kappa shape index (κ2) is 9.71. The highest BCUT2D eigenvalue weighted by Crippen LogP contribution is 2.45. The Bertz CT molecular complexity index is 973. The van der Waals surface area contributed by atoms with Crippen LogP contribution >= 0.6 is 45.9 Å². The van der Waals surface area contributed by atoms with E-state index in [0.29, 0.717) is 10.2 Å². The first-order chi connectivity index (χ1) is 13.5. The fraction of sp³-hybridized carbons (Fsp3) is 0.263. The molecule has 4 rings (SSSR count). The van der Waals surface area contributed by atoms with Crippen molar-refractivity contribution in [3.63, 3.8) is 0 Å². The van der Waals surface area contributed by atoms with E-state index in [-0.39, 0.29) is 18.4 Å². The predicted octanol–water partition coefficient (Wildman–Crippen LogP) is 5.74. The molecule has 2 atom stereocenters. The Kier molecular flexibility index (Phi) is 7.31. The van der Waals surface area contributed by atoms with Gasteiger partial charge >= 0.3 is 0 Å². The summed E-state index contributed by atoms with van der Waals surface area (Å²) in [5.41, 5.74) is 8.07. The number of hydrogen-bond acceptors (Lipinski definition) is 6. The van der Waals surface area contributed by atoms with Crippen molar-refractivity contribution >= 4 is 68.3 Å². The van der Waals surface area contributed by atoms with Gasteiger partial charge in [-0.3, -0.25) is 4.79 Å². The molecule has 0 aromatic carbocycles. The molecule has 5 nitrogen and oxygen atoms in total. The molecule has 0 radical (unpaired) electrons. The van der Waals surface area contributed by atoms with Gasteiger partial charge in [-0.25, -0.2) is 4.98 Å². The smallest absolute Gasteiger partial charge is 0.290 e. The fourth-order valence-corrected chi connectivity index (χ4v) is 5.73. The number of aromatic nitrogens is 1. The van der Waals surface area contributed by atoms with Gasteiger partial charge < -0.3 is 16.2 Å². The number of carboxylic acid groups (broad SMARTS) is 1. The molecular formula is C19H19Cl2N3O2S2. The lowest BCUT2D eigenvalue weighted by molar-refractivity contribution is -0.122. The molecule has 0 aliphatic heterocycles. The number of rotatable bonds is 4. The van der Waals surface area contributed by atoms with Crippen molar-refractivity contribution in [2.24, 2.45) is 5.73 Å². The fourth-order valence-electron chi connectivity index (χ4n) is 3.13. The summed E-state index contributed by atoms with van der Waals surface area (Å²) < 4.78 is 1.04. The molecular weight excluding hydrogens is 437 g/mol. The molecule has 0 amide bonds. The number of fused-ring (bicyclic) bond motifs is 1. The summed E-state index contributed by atoms with van der Waals surface area (Å²) in [6, 6.07) is 6.12. The predicted molar refractivity (Wildman–Crippen MR) is 119 cm³/mol. The Morgan fingerprint density at radius 3 is 2.79 bits per heavy atom. The molecule has 148 valence electrons. The average Bonchev–Trinajstić information content (AvgIpc) is 3.30. The quantitative estimate of drug-likeness (QED) is 0.265. The number of hydrogen-bond donors (Lipinski definition) is 3. The minimum Gasteiger partial charge on any atom is -0.483 e. The van der Waals surface area contributed by atoms with Crippen molar-refractivity contribution in [3.05, 3.63) is 55.7 Å². The number of thiophene rings is 2. The molecule has 0 saturated heterocycles. The van der Waals surface area contributed by atoms with Crippen molar-refractivity contribution in [1.29, 1.82) is 0 Å². The summed E-state index contributed by atoms with van der Waals surface area (Å²) in [6.07, 6.45) is 6.13. The van der Waals surface area contributed by atoms with Crippen LogP contribution in [0, 0.1) is 0 Å². The van der Waals surface area contributed by atoms with Crippen molar-refractivity contribution in [2.75, 3.05) is 5.32 Å². The highest BCUT2D eigenvalue weighted by atomic mass is 35.5. The summed E-state index contributed by atoms with van der Waals surface area (Å²) in [5, 5.41) is 13.6. The van der Waals surface area contributed by atoms with Crippen LogP contribution in [0.3, 0.4) is 0 Å². The Balaban J connectivity index is 0.000000706. The van der Waals surface area contributed by atoms with Gasteiger partial charge in [0.05, 0.1) is 15.4 Å². The van der Waals surface area contributed by atoms with E-state index in [2.05, 4.69) is 40.0 Å². The largest absolute Gasteiger partial charge is 0.483 e. The van der Waals surface area contributed by atoms with Gasteiger partial charge in [0, 0.05) is 34.3 Å². The number of nitrogens with two attached hydrogens (primary N) is 1. The first-order valence-electron chi connectivity index (χ1n) is 8.58. The maximum Gasteiger partial charge on any atom is 0.290 e. The molecule has 9 heteroatoms. The molecule has 0 bridgehead atoms. The standard InChI is InChI=1S/C18H17Cl2N3S2.CH2O2/c19-14-8-13(22-9-10-4-3-7-24-10)18-16(23-14)15(20)17(25-18)11-5-1-2-6-12(11)21;2-1-3/h1-4,7-8,11-12H,5-6,9,21H2,(H,22,23);1H,(H,2,3)/t11-,12-;/m1./s1. The monoisotopic (exact) mass is 455 g/mol. The van der Waals surface area contributed by atoms with Crippen LogP contribution in [0.5, 0.6) is 0 Å². The molecule has 4 N–H and O–H groups in total. The number of nitrogens with one attached hydrogen (secondary N) is 1. The first-order valence-corrected chi connectivity index (χ1v) is 11.0. The van der Waals surface area contributed by atoms with Crippen molar-refractivity contribution in [1.82, 2.24) is 4.98 Å².